The highest BCUT2D eigenvalue weighted by Gasteiger charge is 2.11. The van der Waals surface area contributed by atoms with Gasteiger partial charge in [0.25, 0.3) is 0 Å². The van der Waals surface area contributed by atoms with Crippen LogP contribution in [0, 0.1) is 0 Å². The number of hydrogen-bond acceptors (Lipinski definition) is 3. The zero-order valence-corrected chi connectivity index (χ0v) is 13.4. The van der Waals surface area contributed by atoms with Gasteiger partial charge in [0.1, 0.15) is 4.88 Å². The molecular formula is C16H12BrNO2S. The smallest absolute Gasteiger partial charge is 0.346 e. The number of halogens is 1. The van der Waals surface area contributed by atoms with Crippen molar-refractivity contribution in [2.45, 2.75) is 6.54 Å². The summed E-state index contributed by atoms with van der Waals surface area (Å²) in [5.74, 6) is -0.873. The molecule has 106 valence electrons. The molecule has 3 nitrogen and oxygen atoms in total. The van der Waals surface area contributed by atoms with E-state index in [0.29, 0.717) is 11.4 Å². The fraction of sp³-hybridized carbons (Fsp3) is 0.0625. The predicted molar refractivity (Wildman–Crippen MR) is 90.3 cm³/mol. The van der Waals surface area contributed by atoms with Crippen LogP contribution < -0.4 is 5.32 Å². The minimum Gasteiger partial charge on any atom is -0.477 e. The number of fused-ring (bicyclic) bond motifs is 1. The molecule has 0 atom stereocenters. The molecule has 0 aliphatic heterocycles. The van der Waals surface area contributed by atoms with Crippen LogP contribution in [0.15, 0.2) is 52.3 Å². The quantitative estimate of drug-likeness (QED) is 0.689. The van der Waals surface area contributed by atoms with Gasteiger partial charge < -0.3 is 10.4 Å². The van der Waals surface area contributed by atoms with E-state index in [0.717, 1.165) is 26.5 Å². The lowest BCUT2D eigenvalue weighted by Crippen LogP contribution is -2.04. The molecule has 3 aromatic rings. The van der Waals surface area contributed by atoms with E-state index in [9.17, 15) is 4.79 Å². The van der Waals surface area contributed by atoms with Gasteiger partial charge in [-0.2, -0.15) is 0 Å². The van der Waals surface area contributed by atoms with Crippen LogP contribution in [0.3, 0.4) is 0 Å². The number of anilines is 1. The molecule has 21 heavy (non-hydrogen) atoms. The second-order valence-electron chi connectivity index (χ2n) is 4.57. The lowest BCUT2D eigenvalue weighted by molar-refractivity contribution is 0.0701. The van der Waals surface area contributed by atoms with Gasteiger partial charge in [-0.25, -0.2) is 4.79 Å². The van der Waals surface area contributed by atoms with Crippen molar-refractivity contribution in [1.82, 2.24) is 0 Å². The number of thiophene rings is 1. The highest BCUT2D eigenvalue weighted by molar-refractivity contribution is 9.10. The lowest BCUT2D eigenvalue weighted by atomic mass is 10.1. The molecule has 0 amide bonds. The zero-order chi connectivity index (χ0) is 14.8. The third-order valence-electron chi connectivity index (χ3n) is 3.28. The summed E-state index contributed by atoms with van der Waals surface area (Å²) in [4.78, 5) is 11.5. The summed E-state index contributed by atoms with van der Waals surface area (Å²) in [5.41, 5.74) is 1.80. The van der Waals surface area contributed by atoms with Gasteiger partial charge in [-0.3, -0.25) is 0 Å². The fourth-order valence-corrected chi connectivity index (χ4v) is 3.51. The van der Waals surface area contributed by atoms with E-state index in [1.807, 2.05) is 36.4 Å². The Balaban J connectivity index is 1.91. The van der Waals surface area contributed by atoms with Gasteiger partial charge >= 0.3 is 5.97 Å². The largest absolute Gasteiger partial charge is 0.477 e. The van der Waals surface area contributed by atoms with Gasteiger partial charge in [0.15, 0.2) is 0 Å². The van der Waals surface area contributed by atoms with Gasteiger partial charge in [0, 0.05) is 22.1 Å². The Morgan fingerprint density at radius 3 is 2.67 bits per heavy atom. The van der Waals surface area contributed by atoms with Crippen molar-refractivity contribution in [2.24, 2.45) is 0 Å². The molecule has 1 heterocycles. The van der Waals surface area contributed by atoms with Gasteiger partial charge in [-0.05, 0) is 34.5 Å². The zero-order valence-electron chi connectivity index (χ0n) is 11.0. The van der Waals surface area contributed by atoms with Gasteiger partial charge in [-0.1, -0.05) is 40.2 Å². The number of carboxylic acids is 1. The highest BCUT2D eigenvalue weighted by atomic mass is 79.9. The fourth-order valence-electron chi connectivity index (χ4n) is 2.27. The molecule has 0 aliphatic carbocycles. The molecule has 0 bridgehead atoms. The van der Waals surface area contributed by atoms with Crippen LogP contribution in [0.4, 0.5) is 5.69 Å². The van der Waals surface area contributed by atoms with Crippen molar-refractivity contribution in [3.05, 3.63) is 62.8 Å². The number of carbonyl (C=O) groups is 1. The van der Waals surface area contributed by atoms with E-state index in [1.165, 1.54) is 11.3 Å². The second kappa shape index (κ2) is 5.87. The predicted octanol–water partition coefficient (Wildman–Crippen LogP) is 4.97. The summed E-state index contributed by atoms with van der Waals surface area (Å²) in [6, 6.07) is 13.9. The Hall–Kier alpha value is -1.85. The maximum absolute atomic E-state index is 11.1. The Morgan fingerprint density at radius 2 is 1.90 bits per heavy atom. The van der Waals surface area contributed by atoms with E-state index in [2.05, 4.69) is 27.3 Å². The van der Waals surface area contributed by atoms with Crippen LogP contribution >= 0.6 is 27.3 Å². The molecule has 0 aliphatic rings. The van der Waals surface area contributed by atoms with Crippen LogP contribution in [0.25, 0.3) is 10.8 Å². The standard InChI is InChI=1S/C16H12BrNO2S/c17-13-5-6-14(12-4-2-1-3-11(12)13)18-9-10-7-8-21-15(10)16(19)20/h1-8,18H,9H2,(H,19,20). The summed E-state index contributed by atoms with van der Waals surface area (Å²) in [6.45, 7) is 0.497. The third kappa shape index (κ3) is 2.80. The number of hydrogen-bond donors (Lipinski definition) is 2. The summed E-state index contributed by atoms with van der Waals surface area (Å²) in [7, 11) is 0. The minimum absolute atomic E-state index is 0.393. The highest BCUT2D eigenvalue weighted by Crippen LogP contribution is 2.30. The summed E-state index contributed by atoms with van der Waals surface area (Å²) in [5, 5.41) is 16.5. The first-order valence-electron chi connectivity index (χ1n) is 6.37. The van der Waals surface area contributed by atoms with E-state index >= 15 is 0 Å². The topological polar surface area (TPSA) is 49.3 Å². The first-order valence-corrected chi connectivity index (χ1v) is 8.05. The molecule has 0 fully saturated rings. The van der Waals surface area contributed by atoms with Crippen LogP contribution in [0.1, 0.15) is 15.2 Å². The van der Waals surface area contributed by atoms with Gasteiger partial charge in [0.2, 0.25) is 0 Å². The number of aromatic carboxylic acids is 1. The van der Waals surface area contributed by atoms with Crippen molar-refractivity contribution in [3.8, 4) is 0 Å². The normalized spacial score (nSPS) is 10.7. The lowest BCUT2D eigenvalue weighted by Gasteiger charge is -2.11. The van der Waals surface area contributed by atoms with Crippen molar-refractivity contribution in [3.63, 3.8) is 0 Å². The first-order chi connectivity index (χ1) is 10.2. The van der Waals surface area contributed by atoms with E-state index < -0.39 is 5.97 Å². The Labute approximate surface area is 134 Å². The number of rotatable bonds is 4. The minimum atomic E-state index is -0.873. The molecule has 2 N–H and O–H groups in total. The molecule has 3 rings (SSSR count). The molecule has 2 aromatic carbocycles. The summed E-state index contributed by atoms with van der Waals surface area (Å²) in [6.07, 6.45) is 0. The average Bonchev–Trinajstić information content (AvgIpc) is 2.96. The van der Waals surface area contributed by atoms with E-state index in [4.69, 9.17) is 5.11 Å². The van der Waals surface area contributed by atoms with Gasteiger partial charge in [0.05, 0.1) is 0 Å². The Morgan fingerprint density at radius 1 is 1.14 bits per heavy atom. The second-order valence-corrected chi connectivity index (χ2v) is 6.34. The monoisotopic (exact) mass is 361 g/mol. The molecule has 0 unspecified atom stereocenters. The molecule has 1 aromatic heterocycles. The molecule has 5 heteroatoms. The summed E-state index contributed by atoms with van der Waals surface area (Å²) < 4.78 is 1.05. The van der Waals surface area contributed by atoms with Crippen LogP contribution in [-0.4, -0.2) is 11.1 Å². The number of benzene rings is 2. The van der Waals surface area contributed by atoms with Crippen molar-refractivity contribution in [2.75, 3.05) is 5.32 Å². The Bertz CT molecular complexity index is 813. The van der Waals surface area contributed by atoms with E-state index in [-0.39, 0.29) is 0 Å². The average molecular weight is 362 g/mol. The molecular weight excluding hydrogens is 350 g/mol. The molecule has 0 radical (unpaired) electrons. The first kappa shape index (κ1) is 14.1. The third-order valence-corrected chi connectivity index (χ3v) is 4.92. The summed E-state index contributed by atoms with van der Waals surface area (Å²) >= 11 is 4.80. The maximum Gasteiger partial charge on any atom is 0.346 e. The van der Waals surface area contributed by atoms with Crippen LogP contribution in [0.5, 0.6) is 0 Å². The van der Waals surface area contributed by atoms with Crippen molar-refractivity contribution in [1.29, 1.82) is 0 Å². The van der Waals surface area contributed by atoms with E-state index in [1.54, 1.807) is 5.38 Å². The van der Waals surface area contributed by atoms with Gasteiger partial charge in [-0.15, -0.1) is 11.3 Å². The SMILES string of the molecule is O=C(O)c1sccc1CNc1ccc(Br)c2ccccc12. The number of nitrogens with one attached hydrogen (secondary N) is 1. The Kier molecular flexibility index (Phi) is 3.94. The molecule has 0 spiro atoms. The maximum atomic E-state index is 11.1. The van der Waals surface area contributed by atoms with Crippen molar-refractivity contribution < 1.29 is 9.90 Å². The molecule has 0 saturated heterocycles. The molecule has 0 saturated carbocycles. The van der Waals surface area contributed by atoms with Crippen LogP contribution in [0.2, 0.25) is 0 Å². The van der Waals surface area contributed by atoms with Crippen molar-refractivity contribution >= 4 is 49.7 Å². The number of carboxylic acid groups (broad SMARTS) is 1. The van der Waals surface area contributed by atoms with Crippen LogP contribution in [-0.2, 0) is 6.54 Å².